The predicted octanol–water partition coefficient (Wildman–Crippen LogP) is 1.07. The molecule has 0 radical (unpaired) electrons. The van der Waals surface area contributed by atoms with Gasteiger partial charge in [0.1, 0.15) is 0 Å². The lowest BCUT2D eigenvalue weighted by atomic mass is 10.1. The van der Waals surface area contributed by atoms with Gasteiger partial charge in [-0.1, -0.05) is 12.1 Å². The number of hydrogen-bond donors (Lipinski definition) is 1. The molecule has 0 amide bonds. The standard InChI is InChI=1S/C12H16N4O2S/c1-15-8-9(7-14-15)10-5-4-6-11(13)12(10)16(2)19(3,17)18/h4-8H,13H2,1-3H3. The van der Waals surface area contributed by atoms with Crippen LogP contribution < -0.4 is 10.0 Å². The van der Waals surface area contributed by atoms with Crippen molar-refractivity contribution in [2.75, 3.05) is 23.3 Å². The van der Waals surface area contributed by atoms with E-state index in [2.05, 4.69) is 5.10 Å². The van der Waals surface area contributed by atoms with E-state index in [1.807, 2.05) is 12.3 Å². The average molecular weight is 280 g/mol. The fourth-order valence-corrected chi connectivity index (χ4v) is 2.41. The van der Waals surface area contributed by atoms with E-state index in [0.29, 0.717) is 11.4 Å². The molecule has 19 heavy (non-hydrogen) atoms. The molecule has 0 atom stereocenters. The molecule has 2 aromatic rings. The number of benzene rings is 1. The molecule has 2 rings (SSSR count). The summed E-state index contributed by atoms with van der Waals surface area (Å²) in [6.45, 7) is 0. The first-order valence-electron chi connectivity index (χ1n) is 5.62. The van der Waals surface area contributed by atoms with Crippen molar-refractivity contribution in [1.82, 2.24) is 9.78 Å². The molecule has 1 aromatic heterocycles. The minimum atomic E-state index is -3.38. The number of nitrogens with two attached hydrogens (primary N) is 1. The van der Waals surface area contributed by atoms with Crippen molar-refractivity contribution in [1.29, 1.82) is 0 Å². The summed E-state index contributed by atoms with van der Waals surface area (Å²) in [5.74, 6) is 0. The third kappa shape index (κ3) is 2.55. The molecule has 0 saturated heterocycles. The molecule has 0 fully saturated rings. The molecule has 7 heteroatoms. The van der Waals surface area contributed by atoms with Crippen LogP contribution in [0, 0.1) is 0 Å². The maximum Gasteiger partial charge on any atom is 0.232 e. The Bertz CT molecular complexity index is 706. The van der Waals surface area contributed by atoms with E-state index < -0.39 is 10.0 Å². The first-order chi connectivity index (χ1) is 8.80. The molecule has 0 unspecified atom stereocenters. The number of para-hydroxylation sites is 1. The van der Waals surface area contributed by atoms with Crippen molar-refractivity contribution in [3.8, 4) is 11.1 Å². The summed E-state index contributed by atoms with van der Waals surface area (Å²) >= 11 is 0. The summed E-state index contributed by atoms with van der Waals surface area (Å²) < 4.78 is 26.3. The highest BCUT2D eigenvalue weighted by Crippen LogP contribution is 2.35. The molecular formula is C12H16N4O2S. The first-order valence-corrected chi connectivity index (χ1v) is 7.47. The van der Waals surface area contributed by atoms with Gasteiger partial charge in [-0.05, 0) is 6.07 Å². The van der Waals surface area contributed by atoms with Gasteiger partial charge in [0.25, 0.3) is 0 Å². The lowest BCUT2D eigenvalue weighted by Crippen LogP contribution is -2.26. The smallest absolute Gasteiger partial charge is 0.232 e. The summed E-state index contributed by atoms with van der Waals surface area (Å²) in [6, 6.07) is 5.29. The van der Waals surface area contributed by atoms with E-state index in [9.17, 15) is 8.42 Å². The quantitative estimate of drug-likeness (QED) is 0.853. The van der Waals surface area contributed by atoms with E-state index in [-0.39, 0.29) is 0 Å². The number of sulfonamides is 1. The largest absolute Gasteiger partial charge is 0.397 e. The van der Waals surface area contributed by atoms with Crippen LogP contribution in [0.3, 0.4) is 0 Å². The second-order valence-corrected chi connectivity index (χ2v) is 6.39. The van der Waals surface area contributed by atoms with Crippen LogP contribution in [-0.4, -0.2) is 31.5 Å². The topological polar surface area (TPSA) is 81.2 Å². The van der Waals surface area contributed by atoms with Crippen LogP contribution in [0.5, 0.6) is 0 Å². The fraction of sp³-hybridized carbons (Fsp3) is 0.250. The van der Waals surface area contributed by atoms with E-state index >= 15 is 0 Å². The Morgan fingerprint density at radius 1 is 1.37 bits per heavy atom. The summed E-state index contributed by atoms with van der Waals surface area (Å²) in [4.78, 5) is 0. The lowest BCUT2D eigenvalue weighted by Gasteiger charge is -2.21. The van der Waals surface area contributed by atoms with Gasteiger partial charge in [-0.3, -0.25) is 8.99 Å². The average Bonchev–Trinajstić information content (AvgIpc) is 2.73. The Morgan fingerprint density at radius 3 is 2.58 bits per heavy atom. The maximum absolute atomic E-state index is 11.7. The molecule has 2 N–H and O–H groups in total. The zero-order chi connectivity index (χ0) is 14.2. The van der Waals surface area contributed by atoms with Gasteiger partial charge in [0.2, 0.25) is 10.0 Å². The van der Waals surface area contributed by atoms with Gasteiger partial charge in [0.15, 0.2) is 0 Å². The van der Waals surface area contributed by atoms with Gasteiger partial charge in [0.05, 0.1) is 23.8 Å². The van der Waals surface area contributed by atoms with Crippen molar-refractivity contribution >= 4 is 21.4 Å². The molecule has 0 aliphatic rings. The number of anilines is 2. The summed E-state index contributed by atoms with van der Waals surface area (Å²) in [5, 5.41) is 4.09. The Kier molecular flexibility index (Phi) is 3.23. The number of aryl methyl sites for hydroxylation is 1. The van der Waals surface area contributed by atoms with Crippen LogP contribution in [0.2, 0.25) is 0 Å². The summed E-state index contributed by atoms with van der Waals surface area (Å²) in [5.41, 5.74) is 8.37. The number of nitrogens with zero attached hydrogens (tertiary/aromatic N) is 3. The molecule has 0 bridgehead atoms. The van der Waals surface area contributed by atoms with Crippen molar-refractivity contribution in [3.05, 3.63) is 30.6 Å². The van der Waals surface area contributed by atoms with Crippen LogP contribution in [0.25, 0.3) is 11.1 Å². The first kappa shape index (κ1) is 13.4. The van der Waals surface area contributed by atoms with Gasteiger partial charge in [-0.15, -0.1) is 0 Å². The van der Waals surface area contributed by atoms with Crippen LogP contribution in [-0.2, 0) is 17.1 Å². The molecule has 0 aliphatic carbocycles. The number of nitrogen functional groups attached to an aromatic ring is 1. The Labute approximate surface area is 112 Å². The molecule has 1 heterocycles. The minimum absolute atomic E-state index is 0.411. The van der Waals surface area contributed by atoms with Gasteiger partial charge < -0.3 is 5.73 Å². The Morgan fingerprint density at radius 2 is 2.05 bits per heavy atom. The minimum Gasteiger partial charge on any atom is -0.397 e. The summed E-state index contributed by atoms with van der Waals surface area (Å²) in [6.07, 6.45) is 4.63. The molecule has 0 saturated carbocycles. The number of hydrogen-bond acceptors (Lipinski definition) is 4. The maximum atomic E-state index is 11.7. The van der Waals surface area contributed by atoms with Gasteiger partial charge >= 0.3 is 0 Å². The fourth-order valence-electron chi connectivity index (χ4n) is 1.87. The molecule has 6 nitrogen and oxygen atoms in total. The third-order valence-corrected chi connectivity index (χ3v) is 4.07. The van der Waals surface area contributed by atoms with Crippen molar-refractivity contribution in [3.63, 3.8) is 0 Å². The zero-order valence-corrected chi connectivity index (χ0v) is 11.8. The van der Waals surface area contributed by atoms with E-state index in [4.69, 9.17) is 5.73 Å². The number of aromatic nitrogens is 2. The normalized spacial score (nSPS) is 11.5. The highest BCUT2D eigenvalue weighted by Gasteiger charge is 2.19. The Balaban J connectivity index is 2.67. The van der Waals surface area contributed by atoms with E-state index in [1.165, 1.54) is 11.4 Å². The Hall–Kier alpha value is -2.02. The number of rotatable bonds is 3. The van der Waals surface area contributed by atoms with Crippen molar-refractivity contribution in [2.45, 2.75) is 0 Å². The zero-order valence-electron chi connectivity index (χ0n) is 11.0. The highest BCUT2D eigenvalue weighted by atomic mass is 32.2. The lowest BCUT2D eigenvalue weighted by molar-refractivity contribution is 0.600. The van der Waals surface area contributed by atoms with Gasteiger partial charge in [-0.2, -0.15) is 5.10 Å². The van der Waals surface area contributed by atoms with Crippen LogP contribution >= 0.6 is 0 Å². The molecule has 1 aromatic carbocycles. The second kappa shape index (κ2) is 4.58. The molecule has 102 valence electrons. The van der Waals surface area contributed by atoms with Crippen LogP contribution in [0.1, 0.15) is 0 Å². The second-order valence-electron chi connectivity index (χ2n) is 4.38. The van der Waals surface area contributed by atoms with Crippen molar-refractivity contribution in [2.24, 2.45) is 7.05 Å². The third-order valence-electron chi connectivity index (χ3n) is 2.90. The van der Waals surface area contributed by atoms with Gasteiger partial charge in [0, 0.05) is 31.4 Å². The monoisotopic (exact) mass is 280 g/mol. The predicted molar refractivity (Wildman–Crippen MR) is 76.3 cm³/mol. The van der Waals surface area contributed by atoms with Gasteiger partial charge in [-0.25, -0.2) is 8.42 Å². The summed E-state index contributed by atoms with van der Waals surface area (Å²) in [7, 11) is -0.0876. The highest BCUT2D eigenvalue weighted by molar-refractivity contribution is 7.92. The molecular weight excluding hydrogens is 264 g/mol. The van der Waals surface area contributed by atoms with Crippen molar-refractivity contribution < 1.29 is 8.42 Å². The van der Waals surface area contributed by atoms with Crippen LogP contribution in [0.15, 0.2) is 30.6 Å². The SMILES string of the molecule is CN(c1c(N)cccc1-c1cnn(C)c1)S(C)(=O)=O. The molecule has 0 spiro atoms. The van der Waals surface area contributed by atoms with Crippen LogP contribution in [0.4, 0.5) is 11.4 Å². The van der Waals surface area contributed by atoms with E-state index in [0.717, 1.165) is 17.4 Å². The van der Waals surface area contributed by atoms with E-state index in [1.54, 1.807) is 30.1 Å². The molecule has 0 aliphatic heterocycles.